The fourth-order valence-corrected chi connectivity index (χ4v) is 4.08. The Balaban J connectivity index is 2.92. The van der Waals surface area contributed by atoms with Crippen molar-refractivity contribution in [1.29, 1.82) is 0 Å². The quantitative estimate of drug-likeness (QED) is 0.434. The van der Waals surface area contributed by atoms with Gasteiger partial charge in [0.2, 0.25) is 0 Å². The third kappa shape index (κ3) is 3.39. The predicted molar refractivity (Wildman–Crippen MR) is 106 cm³/mol. The molecule has 0 saturated heterocycles. The molecule has 0 bridgehead atoms. The smallest absolute Gasteiger partial charge is 0.175 e. The van der Waals surface area contributed by atoms with Crippen molar-refractivity contribution in [1.82, 2.24) is 0 Å². The molecule has 0 spiro atoms. The Morgan fingerprint density at radius 2 is 1.52 bits per heavy atom. The average molecular weight is 404 g/mol. The summed E-state index contributed by atoms with van der Waals surface area (Å²) in [7, 11) is 0. The molecule has 0 saturated carbocycles. The Labute approximate surface area is 169 Å². The molecule has 4 N–H and O–H groups in total. The largest absolute Gasteiger partial charge is 0.511 e. The molecule has 1 aromatic rings. The van der Waals surface area contributed by atoms with Gasteiger partial charge in [0.25, 0.3) is 0 Å². The highest BCUT2D eigenvalue weighted by Crippen LogP contribution is 2.52. The van der Waals surface area contributed by atoms with E-state index in [1.54, 1.807) is 0 Å². The molecule has 2 rings (SSSR count). The van der Waals surface area contributed by atoms with Gasteiger partial charge >= 0.3 is 0 Å². The van der Waals surface area contributed by atoms with E-state index in [2.05, 4.69) is 0 Å². The van der Waals surface area contributed by atoms with Gasteiger partial charge in [-0.1, -0.05) is 13.8 Å². The van der Waals surface area contributed by atoms with E-state index in [9.17, 15) is 34.8 Å². The van der Waals surface area contributed by atoms with E-state index in [1.807, 2.05) is 13.8 Å². The number of benzene rings is 1. The van der Waals surface area contributed by atoms with Gasteiger partial charge < -0.3 is 20.4 Å². The lowest BCUT2D eigenvalue weighted by molar-refractivity contribution is -0.144. The van der Waals surface area contributed by atoms with Crippen LogP contribution in [0.1, 0.15) is 69.8 Å². The van der Waals surface area contributed by atoms with Crippen LogP contribution in [0.3, 0.4) is 0 Å². The van der Waals surface area contributed by atoms with Crippen LogP contribution in [0.4, 0.5) is 0 Å². The molecule has 0 aromatic heterocycles. The normalized spacial score (nSPS) is 19.6. The molecule has 1 aliphatic rings. The van der Waals surface area contributed by atoms with Gasteiger partial charge in [-0.2, -0.15) is 0 Å². The fourth-order valence-electron chi connectivity index (χ4n) is 4.08. The summed E-state index contributed by atoms with van der Waals surface area (Å²) < 4.78 is 0. The number of aliphatic hydroxyl groups excluding tert-OH is 1. The van der Waals surface area contributed by atoms with E-state index in [0.29, 0.717) is 0 Å². The van der Waals surface area contributed by atoms with Crippen LogP contribution in [0.2, 0.25) is 0 Å². The minimum Gasteiger partial charge on any atom is -0.511 e. The number of aromatic hydroxyl groups is 3. The van der Waals surface area contributed by atoms with Crippen molar-refractivity contribution in [2.75, 3.05) is 0 Å². The summed E-state index contributed by atoms with van der Waals surface area (Å²) in [4.78, 5) is 37.4. The molecule has 0 heterocycles. The lowest BCUT2D eigenvalue weighted by atomic mass is 9.60. The second-order valence-electron chi connectivity index (χ2n) is 9.06. The van der Waals surface area contributed by atoms with Crippen LogP contribution in [0, 0.1) is 16.7 Å². The second kappa shape index (κ2) is 7.21. The van der Waals surface area contributed by atoms with E-state index < -0.39 is 56.9 Å². The SMILES string of the molecule is CC(C)CC(C1=C(O)C(C)(C)C(=O)C(C)(C)C1=O)c1c(O)cc(O)c(C=O)c1O. The summed E-state index contributed by atoms with van der Waals surface area (Å²) >= 11 is 0. The molecule has 0 aliphatic heterocycles. The zero-order valence-corrected chi connectivity index (χ0v) is 17.5. The van der Waals surface area contributed by atoms with Gasteiger partial charge in [-0.05, 0) is 40.0 Å². The Hall–Kier alpha value is -2.83. The number of hydrogen-bond donors (Lipinski definition) is 4. The Bertz CT molecular complexity index is 920. The van der Waals surface area contributed by atoms with E-state index in [0.717, 1.165) is 6.07 Å². The minimum absolute atomic E-state index is 0.0377. The van der Waals surface area contributed by atoms with Crippen molar-refractivity contribution >= 4 is 17.9 Å². The number of ketones is 2. The highest BCUT2D eigenvalue weighted by molar-refractivity contribution is 6.19. The average Bonchev–Trinajstić information content (AvgIpc) is 2.59. The molecular formula is C22H28O7. The van der Waals surface area contributed by atoms with E-state index in [1.165, 1.54) is 27.7 Å². The van der Waals surface area contributed by atoms with Crippen LogP contribution >= 0.6 is 0 Å². The van der Waals surface area contributed by atoms with Crippen molar-refractivity contribution in [3.8, 4) is 17.2 Å². The van der Waals surface area contributed by atoms with Crippen LogP contribution < -0.4 is 0 Å². The summed E-state index contributed by atoms with van der Waals surface area (Å²) in [5.74, 6) is -4.28. The first-order chi connectivity index (χ1) is 13.2. The maximum absolute atomic E-state index is 13.3. The number of allylic oxidation sites excluding steroid dienone is 2. The number of aliphatic hydroxyl groups is 1. The molecule has 29 heavy (non-hydrogen) atoms. The lowest BCUT2D eigenvalue weighted by Crippen LogP contribution is -2.49. The number of carbonyl (C=O) groups excluding carboxylic acids is 3. The molecule has 1 unspecified atom stereocenters. The molecule has 158 valence electrons. The molecule has 1 aliphatic carbocycles. The number of phenolic OH excluding ortho intramolecular Hbond substituents is 3. The summed E-state index contributed by atoms with van der Waals surface area (Å²) in [5, 5.41) is 41.9. The number of aldehydes is 1. The summed E-state index contributed by atoms with van der Waals surface area (Å²) in [5.41, 5.74) is -3.42. The van der Waals surface area contributed by atoms with Gasteiger partial charge in [0.05, 0.1) is 16.4 Å². The first-order valence-electron chi connectivity index (χ1n) is 9.45. The molecule has 1 aromatic carbocycles. The first-order valence-corrected chi connectivity index (χ1v) is 9.45. The van der Waals surface area contributed by atoms with Gasteiger partial charge in [0.15, 0.2) is 17.9 Å². The molecular weight excluding hydrogens is 376 g/mol. The van der Waals surface area contributed by atoms with Crippen LogP contribution in [0.15, 0.2) is 17.4 Å². The maximum Gasteiger partial charge on any atom is 0.175 e. The van der Waals surface area contributed by atoms with Gasteiger partial charge in [0, 0.05) is 23.1 Å². The lowest BCUT2D eigenvalue weighted by Gasteiger charge is -2.40. The first kappa shape index (κ1) is 22.5. The number of hydrogen-bond acceptors (Lipinski definition) is 7. The third-order valence-corrected chi connectivity index (χ3v) is 5.65. The zero-order chi connectivity index (χ0) is 22.5. The van der Waals surface area contributed by atoms with Gasteiger partial charge in [-0.15, -0.1) is 0 Å². The molecule has 0 radical (unpaired) electrons. The van der Waals surface area contributed by atoms with Gasteiger partial charge in [-0.25, -0.2) is 0 Å². The highest BCUT2D eigenvalue weighted by Gasteiger charge is 2.54. The number of phenols is 3. The number of rotatable bonds is 5. The van der Waals surface area contributed by atoms with E-state index >= 15 is 0 Å². The van der Waals surface area contributed by atoms with Crippen molar-refractivity contribution in [3.63, 3.8) is 0 Å². The topological polar surface area (TPSA) is 132 Å². The van der Waals surface area contributed by atoms with Crippen LogP contribution in [0.25, 0.3) is 0 Å². The van der Waals surface area contributed by atoms with Gasteiger partial charge in [0.1, 0.15) is 23.0 Å². The Morgan fingerprint density at radius 3 is 2.00 bits per heavy atom. The summed E-state index contributed by atoms with van der Waals surface area (Å²) in [6.45, 7) is 9.69. The number of carbonyl (C=O) groups is 3. The van der Waals surface area contributed by atoms with Crippen LogP contribution in [-0.4, -0.2) is 38.3 Å². The molecule has 1 atom stereocenters. The van der Waals surface area contributed by atoms with Crippen LogP contribution in [-0.2, 0) is 9.59 Å². The van der Waals surface area contributed by atoms with Crippen molar-refractivity contribution in [2.45, 2.75) is 53.9 Å². The number of Topliss-reactive ketones (excluding diaryl/α,β-unsaturated/α-hetero) is 2. The summed E-state index contributed by atoms with van der Waals surface area (Å²) in [6, 6.07) is 0.915. The molecule has 0 amide bonds. The molecule has 7 nitrogen and oxygen atoms in total. The predicted octanol–water partition coefficient (Wildman–Crippen LogP) is 3.76. The molecule has 7 heteroatoms. The molecule has 0 fully saturated rings. The minimum atomic E-state index is -1.42. The summed E-state index contributed by atoms with van der Waals surface area (Å²) in [6.07, 6.45) is 0.476. The van der Waals surface area contributed by atoms with E-state index in [4.69, 9.17) is 0 Å². The van der Waals surface area contributed by atoms with Crippen molar-refractivity contribution < 1.29 is 34.8 Å². The van der Waals surface area contributed by atoms with Crippen LogP contribution in [0.5, 0.6) is 17.2 Å². The highest BCUT2D eigenvalue weighted by atomic mass is 16.3. The zero-order valence-electron chi connectivity index (χ0n) is 17.5. The van der Waals surface area contributed by atoms with Crippen molar-refractivity contribution in [3.05, 3.63) is 28.5 Å². The Kier molecular flexibility index (Phi) is 5.58. The fraction of sp³-hybridized carbons (Fsp3) is 0.500. The monoisotopic (exact) mass is 404 g/mol. The third-order valence-electron chi connectivity index (χ3n) is 5.65. The van der Waals surface area contributed by atoms with E-state index in [-0.39, 0.29) is 29.8 Å². The van der Waals surface area contributed by atoms with Crippen molar-refractivity contribution in [2.24, 2.45) is 16.7 Å². The standard InChI is InChI=1S/C22H28O7/c1-10(2)7-11(15-14(25)8-13(24)12(9-23)17(15)26)16-18(27)21(3,4)20(29)22(5,6)19(16)28/h8-11,24-27H,7H2,1-6H3. The maximum atomic E-state index is 13.3. The van der Waals surface area contributed by atoms with Gasteiger partial charge in [-0.3, -0.25) is 14.4 Å². The second-order valence-corrected chi connectivity index (χ2v) is 9.06. The Morgan fingerprint density at radius 1 is 0.966 bits per heavy atom.